The van der Waals surface area contributed by atoms with Crippen molar-refractivity contribution < 1.29 is 4.79 Å². The summed E-state index contributed by atoms with van der Waals surface area (Å²) in [6, 6.07) is 5.70. The summed E-state index contributed by atoms with van der Waals surface area (Å²) in [6.45, 7) is 4.17. The molecule has 1 aromatic rings. The molecule has 1 rings (SSSR count). The van der Waals surface area contributed by atoms with E-state index in [9.17, 15) is 4.79 Å². The fraction of sp³-hybridized carbons (Fsp3) is 0.417. The topological polar surface area (TPSA) is 29.1 Å². The van der Waals surface area contributed by atoms with Gasteiger partial charge in [0.1, 0.15) is 0 Å². The predicted molar refractivity (Wildman–Crippen MR) is 81.7 cm³/mol. The molecular weight excluding hydrogens is 414 g/mol. The van der Waals surface area contributed by atoms with Gasteiger partial charge in [-0.05, 0) is 40.0 Å². The largest absolute Gasteiger partial charge is 0.348 e. The Balaban J connectivity index is 2.86. The van der Waals surface area contributed by atoms with Gasteiger partial charge in [0.2, 0.25) is 0 Å². The number of rotatable bonds is 4. The van der Waals surface area contributed by atoms with Crippen LogP contribution in [0.2, 0.25) is 0 Å². The molecule has 1 unspecified atom stereocenters. The number of hydrogen-bond donors (Lipinski definition) is 1. The zero-order valence-electron chi connectivity index (χ0n) is 9.64. The number of benzene rings is 1. The second kappa shape index (κ2) is 6.90. The van der Waals surface area contributed by atoms with E-state index < -0.39 is 0 Å². The fourth-order valence-corrected chi connectivity index (χ4v) is 3.00. The Bertz CT molecular complexity index is 407. The minimum absolute atomic E-state index is 0.0590. The first kappa shape index (κ1) is 15.2. The van der Waals surface area contributed by atoms with Crippen molar-refractivity contribution in [2.75, 3.05) is 5.33 Å². The summed E-state index contributed by atoms with van der Waals surface area (Å²) in [5, 5.41) is 3.77. The molecule has 0 aliphatic carbocycles. The van der Waals surface area contributed by atoms with Gasteiger partial charge in [0, 0.05) is 20.3 Å². The molecule has 0 saturated heterocycles. The molecule has 17 heavy (non-hydrogen) atoms. The Labute approximate surface area is 127 Å². The van der Waals surface area contributed by atoms with E-state index in [1.54, 1.807) is 0 Å². The standard InChI is InChI=1S/C12H14Br3NO/c1-7(2)11(6-13)16-12(17)9-5-8(14)3-4-10(9)15/h3-5,7,11H,6H2,1-2H3,(H,16,17). The molecule has 1 atom stereocenters. The minimum Gasteiger partial charge on any atom is -0.348 e. The molecule has 1 amide bonds. The van der Waals surface area contributed by atoms with Gasteiger partial charge in [0.05, 0.1) is 5.56 Å². The summed E-state index contributed by atoms with van der Waals surface area (Å²) < 4.78 is 1.70. The highest BCUT2D eigenvalue weighted by atomic mass is 79.9. The van der Waals surface area contributed by atoms with Crippen LogP contribution in [0.4, 0.5) is 0 Å². The number of carbonyl (C=O) groups is 1. The number of carbonyl (C=O) groups excluding carboxylic acids is 1. The lowest BCUT2D eigenvalue weighted by molar-refractivity contribution is 0.0931. The summed E-state index contributed by atoms with van der Waals surface area (Å²) in [4.78, 5) is 12.1. The van der Waals surface area contributed by atoms with E-state index in [1.807, 2.05) is 18.2 Å². The number of nitrogens with one attached hydrogen (secondary N) is 1. The van der Waals surface area contributed by atoms with Crippen molar-refractivity contribution in [2.45, 2.75) is 19.9 Å². The van der Waals surface area contributed by atoms with Crippen LogP contribution in [0.25, 0.3) is 0 Å². The predicted octanol–water partition coefficient (Wildman–Crippen LogP) is 4.36. The van der Waals surface area contributed by atoms with Crippen molar-refractivity contribution in [3.8, 4) is 0 Å². The molecule has 1 aromatic carbocycles. The van der Waals surface area contributed by atoms with Crippen LogP contribution < -0.4 is 5.32 Å². The molecule has 0 bridgehead atoms. The van der Waals surface area contributed by atoms with Crippen LogP contribution in [0, 0.1) is 5.92 Å². The van der Waals surface area contributed by atoms with E-state index in [2.05, 4.69) is 67.0 Å². The molecule has 0 radical (unpaired) electrons. The number of alkyl halides is 1. The molecule has 94 valence electrons. The maximum atomic E-state index is 12.1. The number of halogens is 3. The molecule has 0 saturated carbocycles. The van der Waals surface area contributed by atoms with Gasteiger partial charge in [-0.15, -0.1) is 0 Å². The third-order valence-corrected chi connectivity index (χ3v) is 4.34. The second-order valence-electron chi connectivity index (χ2n) is 4.10. The highest BCUT2D eigenvalue weighted by Crippen LogP contribution is 2.21. The summed E-state index contributed by atoms with van der Waals surface area (Å²) in [5.41, 5.74) is 0.644. The number of hydrogen-bond acceptors (Lipinski definition) is 1. The average Bonchev–Trinajstić information content (AvgIpc) is 2.28. The molecule has 0 heterocycles. The first-order chi connectivity index (χ1) is 7.95. The lowest BCUT2D eigenvalue weighted by Crippen LogP contribution is -2.39. The van der Waals surface area contributed by atoms with Gasteiger partial charge in [-0.1, -0.05) is 45.7 Å². The van der Waals surface area contributed by atoms with Gasteiger partial charge >= 0.3 is 0 Å². The quantitative estimate of drug-likeness (QED) is 0.710. The molecule has 5 heteroatoms. The normalized spacial score (nSPS) is 12.6. The van der Waals surface area contributed by atoms with Crippen molar-refractivity contribution in [1.82, 2.24) is 5.32 Å². The SMILES string of the molecule is CC(C)C(CBr)NC(=O)c1cc(Br)ccc1Br. The van der Waals surface area contributed by atoms with Gasteiger partial charge in [-0.25, -0.2) is 0 Å². The second-order valence-corrected chi connectivity index (χ2v) is 6.52. The molecule has 2 nitrogen and oxygen atoms in total. The maximum Gasteiger partial charge on any atom is 0.252 e. The summed E-state index contributed by atoms with van der Waals surface area (Å²) in [7, 11) is 0. The Morgan fingerprint density at radius 2 is 2.00 bits per heavy atom. The monoisotopic (exact) mass is 425 g/mol. The van der Waals surface area contributed by atoms with Gasteiger partial charge < -0.3 is 5.32 Å². The lowest BCUT2D eigenvalue weighted by Gasteiger charge is -2.20. The van der Waals surface area contributed by atoms with Crippen molar-refractivity contribution in [1.29, 1.82) is 0 Å². The smallest absolute Gasteiger partial charge is 0.252 e. The van der Waals surface area contributed by atoms with Crippen LogP contribution in [0.3, 0.4) is 0 Å². The molecule has 0 aliphatic heterocycles. The van der Waals surface area contributed by atoms with E-state index in [1.165, 1.54) is 0 Å². The minimum atomic E-state index is -0.0590. The third-order valence-electron chi connectivity index (χ3n) is 2.46. The molecule has 0 spiro atoms. The third kappa shape index (κ3) is 4.38. The fourth-order valence-electron chi connectivity index (χ4n) is 1.30. The average molecular weight is 428 g/mol. The van der Waals surface area contributed by atoms with Crippen LogP contribution in [0.5, 0.6) is 0 Å². The van der Waals surface area contributed by atoms with Crippen molar-refractivity contribution in [3.63, 3.8) is 0 Å². The van der Waals surface area contributed by atoms with Crippen LogP contribution >= 0.6 is 47.8 Å². The Kier molecular flexibility index (Phi) is 6.17. The highest BCUT2D eigenvalue weighted by Gasteiger charge is 2.17. The highest BCUT2D eigenvalue weighted by molar-refractivity contribution is 9.11. The molecule has 0 aliphatic rings. The Morgan fingerprint density at radius 3 is 2.53 bits per heavy atom. The first-order valence-electron chi connectivity index (χ1n) is 5.27. The van der Waals surface area contributed by atoms with Gasteiger partial charge in [0.15, 0.2) is 0 Å². The summed E-state index contributed by atoms with van der Waals surface area (Å²) in [5.74, 6) is 0.334. The van der Waals surface area contributed by atoms with Crippen molar-refractivity contribution in [3.05, 3.63) is 32.7 Å². The molecule has 0 aromatic heterocycles. The summed E-state index contributed by atoms with van der Waals surface area (Å²) in [6.07, 6.45) is 0. The zero-order chi connectivity index (χ0) is 13.0. The first-order valence-corrected chi connectivity index (χ1v) is 7.98. The number of amides is 1. The van der Waals surface area contributed by atoms with E-state index in [0.29, 0.717) is 11.5 Å². The van der Waals surface area contributed by atoms with Crippen LogP contribution in [-0.4, -0.2) is 17.3 Å². The lowest BCUT2D eigenvalue weighted by atomic mass is 10.1. The van der Waals surface area contributed by atoms with Crippen molar-refractivity contribution in [2.24, 2.45) is 5.92 Å². The zero-order valence-corrected chi connectivity index (χ0v) is 14.4. The maximum absolute atomic E-state index is 12.1. The molecular formula is C12H14Br3NO. The van der Waals surface area contributed by atoms with Gasteiger partial charge in [0.25, 0.3) is 5.91 Å². The van der Waals surface area contributed by atoms with Gasteiger partial charge in [-0.3, -0.25) is 4.79 Å². The van der Waals surface area contributed by atoms with E-state index in [4.69, 9.17) is 0 Å². The molecule has 0 fully saturated rings. The van der Waals surface area contributed by atoms with E-state index in [-0.39, 0.29) is 11.9 Å². The summed E-state index contributed by atoms with van der Waals surface area (Å²) >= 11 is 10.2. The van der Waals surface area contributed by atoms with E-state index in [0.717, 1.165) is 14.3 Å². The van der Waals surface area contributed by atoms with E-state index >= 15 is 0 Å². The van der Waals surface area contributed by atoms with Crippen LogP contribution in [0.1, 0.15) is 24.2 Å². The molecule has 1 N–H and O–H groups in total. The van der Waals surface area contributed by atoms with Crippen molar-refractivity contribution >= 4 is 53.7 Å². The Hall–Kier alpha value is 0.130. The van der Waals surface area contributed by atoms with Crippen LogP contribution in [0.15, 0.2) is 27.1 Å². The van der Waals surface area contributed by atoms with Gasteiger partial charge in [-0.2, -0.15) is 0 Å². The Morgan fingerprint density at radius 1 is 1.35 bits per heavy atom. The van der Waals surface area contributed by atoms with Crippen LogP contribution in [-0.2, 0) is 0 Å².